The summed E-state index contributed by atoms with van der Waals surface area (Å²) in [6, 6.07) is 0.844. The number of piperidine rings is 1. The van der Waals surface area contributed by atoms with Gasteiger partial charge in [0, 0.05) is 17.0 Å². The van der Waals surface area contributed by atoms with E-state index in [2.05, 4.69) is 24.1 Å². The molecule has 1 amide bonds. The van der Waals surface area contributed by atoms with E-state index >= 15 is 0 Å². The number of carbonyl (C=O) groups is 2. The Morgan fingerprint density at radius 1 is 1.15 bits per heavy atom. The third-order valence-corrected chi connectivity index (χ3v) is 6.81. The van der Waals surface area contributed by atoms with Crippen LogP contribution < -0.4 is 5.32 Å². The highest BCUT2D eigenvalue weighted by Crippen LogP contribution is 2.38. The molecule has 6 heteroatoms. The average Bonchev–Trinajstić information content (AvgIpc) is 2.96. The largest absolute Gasteiger partial charge is 0.462 e. The van der Waals surface area contributed by atoms with Crippen molar-refractivity contribution in [2.24, 2.45) is 0 Å². The first-order valence-corrected chi connectivity index (χ1v) is 10.7. The molecule has 1 fully saturated rings. The van der Waals surface area contributed by atoms with E-state index in [1.54, 1.807) is 11.3 Å². The zero-order valence-electron chi connectivity index (χ0n) is 16.1. The van der Waals surface area contributed by atoms with Crippen LogP contribution in [-0.2, 0) is 22.4 Å². The fourth-order valence-corrected chi connectivity index (χ4v) is 5.49. The maximum absolute atomic E-state index is 12.7. The Morgan fingerprint density at radius 3 is 2.54 bits per heavy atom. The Morgan fingerprint density at radius 2 is 1.85 bits per heavy atom. The molecule has 0 radical (unpaired) electrons. The highest BCUT2D eigenvalue weighted by atomic mass is 32.1. The van der Waals surface area contributed by atoms with E-state index in [0.29, 0.717) is 35.8 Å². The number of nitrogens with one attached hydrogen (secondary N) is 1. The number of esters is 1. The summed E-state index contributed by atoms with van der Waals surface area (Å²) in [7, 11) is 0. The van der Waals surface area contributed by atoms with Crippen LogP contribution in [0.2, 0.25) is 0 Å². The summed E-state index contributed by atoms with van der Waals surface area (Å²) in [6.07, 6.45) is 7.62. The highest BCUT2D eigenvalue weighted by Gasteiger charge is 2.29. The first kappa shape index (κ1) is 19.4. The Balaban J connectivity index is 1.77. The minimum atomic E-state index is -0.304. The molecule has 2 unspecified atom stereocenters. The van der Waals surface area contributed by atoms with E-state index in [9.17, 15) is 9.59 Å². The number of anilines is 1. The molecule has 0 bridgehead atoms. The molecule has 1 aliphatic carbocycles. The molecule has 1 N–H and O–H groups in total. The van der Waals surface area contributed by atoms with Crippen molar-refractivity contribution in [1.82, 2.24) is 4.90 Å². The minimum absolute atomic E-state index is 0.0326. The van der Waals surface area contributed by atoms with Gasteiger partial charge in [-0.05, 0) is 64.9 Å². The van der Waals surface area contributed by atoms with Gasteiger partial charge in [-0.3, -0.25) is 9.69 Å². The Labute approximate surface area is 160 Å². The summed E-state index contributed by atoms with van der Waals surface area (Å²) in [4.78, 5) is 28.7. The highest BCUT2D eigenvalue weighted by molar-refractivity contribution is 7.17. The van der Waals surface area contributed by atoms with Gasteiger partial charge in [0.25, 0.3) is 0 Å². The van der Waals surface area contributed by atoms with Crippen molar-refractivity contribution < 1.29 is 14.3 Å². The van der Waals surface area contributed by atoms with Gasteiger partial charge in [0.2, 0.25) is 5.91 Å². The number of nitrogens with zero attached hydrogens (tertiary/aromatic N) is 1. The van der Waals surface area contributed by atoms with E-state index in [0.717, 1.165) is 44.1 Å². The molecule has 0 aromatic carbocycles. The average molecular weight is 379 g/mol. The van der Waals surface area contributed by atoms with Crippen LogP contribution >= 0.6 is 11.3 Å². The van der Waals surface area contributed by atoms with Crippen LogP contribution in [0.25, 0.3) is 0 Å². The van der Waals surface area contributed by atoms with Crippen LogP contribution in [-0.4, -0.2) is 42.0 Å². The molecule has 26 heavy (non-hydrogen) atoms. The summed E-state index contributed by atoms with van der Waals surface area (Å²) in [6.45, 7) is 6.93. The minimum Gasteiger partial charge on any atom is -0.462 e. The lowest BCUT2D eigenvalue weighted by atomic mass is 9.95. The topological polar surface area (TPSA) is 58.6 Å². The second-order valence-corrected chi connectivity index (χ2v) is 8.59. The first-order valence-electron chi connectivity index (χ1n) is 9.88. The number of rotatable bonds is 5. The number of amides is 1. The number of thiophene rings is 1. The van der Waals surface area contributed by atoms with Gasteiger partial charge in [-0.15, -0.1) is 11.3 Å². The van der Waals surface area contributed by atoms with Crippen molar-refractivity contribution >= 4 is 28.2 Å². The lowest BCUT2D eigenvalue weighted by molar-refractivity contribution is -0.118. The van der Waals surface area contributed by atoms with Crippen LogP contribution in [0.1, 0.15) is 73.7 Å². The van der Waals surface area contributed by atoms with Crippen molar-refractivity contribution in [3.05, 3.63) is 16.0 Å². The molecule has 2 aliphatic rings. The quantitative estimate of drug-likeness (QED) is 0.787. The predicted molar refractivity (Wildman–Crippen MR) is 105 cm³/mol. The lowest BCUT2D eigenvalue weighted by Gasteiger charge is -2.38. The van der Waals surface area contributed by atoms with Gasteiger partial charge in [0.15, 0.2) is 0 Å². The van der Waals surface area contributed by atoms with Crippen molar-refractivity contribution in [3.63, 3.8) is 0 Å². The molecular formula is C20H30N2O3S. The summed E-state index contributed by atoms with van der Waals surface area (Å²) < 4.78 is 5.26. The number of hydrogen-bond donors (Lipinski definition) is 1. The van der Waals surface area contributed by atoms with E-state index in [4.69, 9.17) is 4.74 Å². The number of hydrogen-bond acceptors (Lipinski definition) is 5. The summed E-state index contributed by atoms with van der Waals surface area (Å²) in [5.41, 5.74) is 1.69. The standard InChI is InChI=1S/C20H30N2O3S/c1-4-25-20(24)18-15-10-5-6-11-16(15)26-19(18)21-17(23)12-22-13(2)8-7-9-14(22)3/h13-14H,4-12H2,1-3H3,(H,21,23). The lowest BCUT2D eigenvalue weighted by Crippen LogP contribution is -2.47. The normalized spacial score (nSPS) is 23.3. The molecule has 1 aliphatic heterocycles. The molecule has 3 rings (SSSR count). The fourth-order valence-electron chi connectivity index (χ4n) is 4.19. The van der Waals surface area contributed by atoms with Crippen LogP contribution in [0, 0.1) is 0 Å². The predicted octanol–water partition coefficient (Wildman–Crippen LogP) is 4.01. The van der Waals surface area contributed by atoms with Gasteiger partial charge in [-0.2, -0.15) is 0 Å². The molecule has 2 heterocycles. The van der Waals surface area contributed by atoms with Crippen LogP contribution in [0.5, 0.6) is 0 Å². The van der Waals surface area contributed by atoms with Crippen molar-refractivity contribution in [2.45, 2.75) is 77.8 Å². The van der Waals surface area contributed by atoms with E-state index < -0.39 is 0 Å². The summed E-state index contributed by atoms with van der Waals surface area (Å²) in [5, 5.41) is 3.71. The van der Waals surface area contributed by atoms with Gasteiger partial charge in [0.1, 0.15) is 5.00 Å². The molecule has 0 saturated carbocycles. The second kappa shape index (κ2) is 8.53. The molecule has 5 nitrogen and oxygen atoms in total. The number of likely N-dealkylation sites (tertiary alicyclic amines) is 1. The smallest absolute Gasteiger partial charge is 0.341 e. The van der Waals surface area contributed by atoms with E-state index in [-0.39, 0.29) is 11.9 Å². The van der Waals surface area contributed by atoms with Crippen molar-refractivity contribution in [1.29, 1.82) is 0 Å². The van der Waals surface area contributed by atoms with Gasteiger partial charge < -0.3 is 10.1 Å². The third-order valence-electron chi connectivity index (χ3n) is 5.61. The van der Waals surface area contributed by atoms with Crippen molar-refractivity contribution in [3.8, 4) is 0 Å². The van der Waals surface area contributed by atoms with Crippen LogP contribution in [0.3, 0.4) is 0 Å². The molecule has 144 valence electrons. The molecule has 0 spiro atoms. The first-order chi connectivity index (χ1) is 12.5. The zero-order chi connectivity index (χ0) is 18.7. The Hall–Kier alpha value is -1.40. The fraction of sp³-hybridized carbons (Fsp3) is 0.700. The van der Waals surface area contributed by atoms with Crippen molar-refractivity contribution in [2.75, 3.05) is 18.5 Å². The number of ether oxygens (including phenoxy) is 1. The second-order valence-electron chi connectivity index (χ2n) is 7.48. The molecule has 2 atom stereocenters. The van der Waals surface area contributed by atoms with Gasteiger partial charge >= 0.3 is 5.97 Å². The maximum atomic E-state index is 12.7. The molecule has 1 aromatic heterocycles. The summed E-state index contributed by atoms with van der Waals surface area (Å²) in [5.74, 6) is -0.336. The Bertz CT molecular complexity index is 660. The molecule has 1 saturated heterocycles. The molecule has 1 aromatic rings. The molecular weight excluding hydrogens is 348 g/mol. The van der Waals surface area contributed by atoms with Crippen LogP contribution in [0.15, 0.2) is 0 Å². The van der Waals surface area contributed by atoms with Gasteiger partial charge in [0.05, 0.1) is 18.7 Å². The Kier molecular flexibility index (Phi) is 6.35. The monoisotopic (exact) mass is 378 g/mol. The maximum Gasteiger partial charge on any atom is 0.341 e. The number of fused-ring (bicyclic) bond motifs is 1. The van der Waals surface area contributed by atoms with Gasteiger partial charge in [-0.25, -0.2) is 4.79 Å². The summed E-state index contributed by atoms with van der Waals surface area (Å²) >= 11 is 1.56. The van der Waals surface area contributed by atoms with Gasteiger partial charge in [-0.1, -0.05) is 6.42 Å². The zero-order valence-corrected chi connectivity index (χ0v) is 16.9. The SMILES string of the molecule is CCOC(=O)c1c(NC(=O)CN2C(C)CCCC2C)sc2c1CCCC2. The number of aryl methyl sites for hydroxylation is 1. The van der Waals surface area contributed by atoms with E-state index in [1.807, 2.05) is 6.92 Å². The third kappa shape index (κ3) is 4.12. The number of carbonyl (C=O) groups excluding carboxylic acids is 2. The van der Waals surface area contributed by atoms with E-state index in [1.165, 1.54) is 11.3 Å². The van der Waals surface area contributed by atoms with Crippen LogP contribution in [0.4, 0.5) is 5.00 Å².